The first-order valence-corrected chi connectivity index (χ1v) is 10.9. The summed E-state index contributed by atoms with van der Waals surface area (Å²) in [4.78, 5) is 14.9. The number of anilines is 1. The molecule has 0 spiro atoms. The van der Waals surface area contributed by atoms with Gasteiger partial charge in [-0.2, -0.15) is 10.2 Å². The van der Waals surface area contributed by atoms with Gasteiger partial charge in [-0.25, -0.2) is 4.68 Å². The highest BCUT2D eigenvalue weighted by Crippen LogP contribution is 2.31. The maximum Gasteiger partial charge on any atom is 0.225 e. The molecule has 1 fully saturated rings. The van der Waals surface area contributed by atoms with Crippen LogP contribution in [0.1, 0.15) is 30.0 Å². The molecule has 4 heterocycles. The lowest BCUT2D eigenvalue weighted by Crippen LogP contribution is -2.43. The van der Waals surface area contributed by atoms with Gasteiger partial charge < -0.3 is 14.6 Å². The summed E-state index contributed by atoms with van der Waals surface area (Å²) in [6.07, 6.45) is 3.37. The highest BCUT2D eigenvalue weighted by atomic mass is 16.3. The van der Waals surface area contributed by atoms with Gasteiger partial charge in [-0.05, 0) is 51.0 Å². The molecule has 164 valence electrons. The molecular weight excluding hydrogens is 404 g/mol. The Morgan fingerprint density at radius 2 is 2.00 bits per heavy atom. The van der Waals surface area contributed by atoms with E-state index < -0.39 is 0 Å². The third-order valence-electron chi connectivity index (χ3n) is 6.09. The number of fused-ring (bicyclic) bond motifs is 1. The van der Waals surface area contributed by atoms with Crippen LogP contribution in [-0.4, -0.2) is 39.0 Å². The Morgan fingerprint density at radius 3 is 2.78 bits per heavy atom. The average molecular weight is 431 g/mol. The molecule has 1 aliphatic rings. The van der Waals surface area contributed by atoms with Crippen LogP contribution < -0.4 is 10.2 Å². The van der Waals surface area contributed by atoms with Gasteiger partial charge in [-0.15, -0.1) is 5.10 Å². The van der Waals surface area contributed by atoms with Gasteiger partial charge in [0, 0.05) is 13.1 Å². The summed E-state index contributed by atoms with van der Waals surface area (Å²) in [7, 11) is 0. The number of hydrogen-bond acceptors (Lipinski definition) is 6. The Morgan fingerprint density at radius 1 is 1.16 bits per heavy atom. The Bertz CT molecular complexity index is 1230. The van der Waals surface area contributed by atoms with Crippen molar-refractivity contribution in [3.63, 3.8) is 0 Å². The van der Waals surface area contributed by atoms with Crippen molar-refractivity contribution in [3.05, 3.63) is 65.9 Å². The van der Waals surface area contributed by atoms with E-state index in [2.05, 4.69) is 27.3 Å². The van der Waals surface area contributed by atoms with E-state index in [1.54, 1.807) is 6.26 Å². The molecule has 32 heavy (non-hydrogen) atoms. The number of rotatable bonds is 5. The Kier molecular flexibility index (Phi) is 5.34. The van der Waals surface area contributed by atoms with Crippen molar-refractivity contribution in [1.29, 1.82) is 0 Å². The molecule has 0 bridgehead atoms. The third kappa shape index (κ3) is 3.72. The van der Waals surface area contributed by atoms with Gasteiger partial charge in [0.25, 0.3) is 0 Å². The second kappa shape index (κ2) is 8.45. The number of nitrogens with one attached hydrogen (secondary N) is 1. The Hall–Kier alpha value is -3.68. The third-order valence-corrected chi connectivity index (χ3v) is 6.09. The second-order valence-corrected chi connectivity index (χ2v) is 8.25. The molecule has 0 aliphatic carbocycles. The lowest BCUT2D eigenvalue weighted by atomic mass is 9.97. The molecule has 1 saturated heterocycles. The van der Waals surface area contributed by atoms with Crippen LogP contribution in [0.3, 0.4) is 0 Å². The molecule has 0 unspecified atom stereocenters. The van der Waals surface area contributed by atoms with Crippen LogP contribution in [0.4, 0.5) is 5.82 Å². The fourth-order valence-corrected chi connectivity index (χ4v) is 4.46. The van der Waals surface area contributed by atoms with E-state index in [1.165, 1.54) is 0 Å². The van der Waals surface area contributed by atoms with Crippen LogP contribution >= 0.6 is 0 Å². The SMILES string of the molecule is Cc1nnc(N2CCC[C@@H](C(=O)NCc3ccco3)C2)c2nn(-c3ccccc3)c(C)c12. The summed E-state index contributed by atoms with van der Waals surface area (Å²) < 4.78 is 7.26. The van der Waals surface area contributed by atoms with Gasteiger partial charge >= 0.3 is 0 Å². The van der Waals surface area contributed by atoms with Crippen LogP contribution in [0.15, 0.2) is 53.1 Å². The predicted molar refractivity (Wildman–Crippen MR) is 122 cm³/mol. The van der Waals surface area contributed by atoms with Crippen molar-refractivity contribution < 1.29 is 9.21 Å². The van der Waals surface area contributed by atoms with Crippen LogP contribution in [0.5, 0.6) is 0 Å². The number of amides is 1. The zero-order chi connectivity index (χ0) is 22.1. The molecule has 0 saturated carbocycles. The highest BCUT2D eigenvalue weighted by Gasteiger charge is 2.29. The minimum atomic E-state index is -0.117. The topological polar surface area (TPSA) is 89.1 Å². The number of benzene rings is 1. The second-order valence-electron chi connectivity index (χ2n) is 8.25. The largest absolute Gasteiger partial charge is 0.467 e. The van der Waals surface area contributed by atoms with Crippen LogP contribution in [0.25, 0.3) is 16.6 Å². The van der Waals surface area contributed by atoms with Gasteiger partial charge in [0.2, 0.25) is 5.91 Å². The zero-order valence-electron chi connectivity index (χ0n) is 18.3. The number of carbonyl (C=O) groups is 1. The van der Waals surface area contributed by atoms with Gasteiger partial charge in [-0.1, -0.05) is 18.2 Å². The predicted octanol–water partition coefficient (Wildman–Crippen LogP) is 3.56. The fraction of sp³-hybridized carbons (Fsp3) is 0.333. The van der Waals surface area contributed by atoms with E-state index >= 15 is 0 Å². The van der Waals surface area contributed by atoms with E-state index in [1.807, 2.05) is 54.1 Å². The molecule has 4 aromatic rings. The molecule has 1 aliphatic heterocycles. The van der Waals surface area contributed by atoms with Crippen molar-refractivity contribution in [1.82, 2.24) is 25.3 Å². The van der Waals surface area contributed by atoms with Crippen LogP contribution in [0.2, 0.25) is 0 Å². The number of carbonyl (C=O) groups excluding carboxylic acids is 1. The maximum absolute atomic E-state index is 12.8. The first-order chi connectivity index (χ1) is 15.6. The summed E-state index contributed by atoms with van der Waals surface area (Å²) in [6, 6.07) is 13.7. The van der Waals surface area contributed by atoms with Crippen LogP contribution in [0, 0.1) is 19.8 Å². The number of aryl methyl sites for hydroxylation is 2. The average Bonchev–Trinajstić information content (AvgIpc) is 3.47. The minimum absolute atomic E-state index is 0.0356. The number of aromatic nitrogens is 4. The van der Waals surface area contributed by atoms with E-state index in [9.17, 15) is 4.79 Å². The highest BCUT2D eigenvalue weighted by molar-refractivity contribution is 5.92. The number of nitrogens with zero attached hydrogens (tertiary/aromatic N) is 5. The summed E-state index contributed by atoms with van der Waals surface area (Å²) in [5, 5.41) is 17.9. The minimum Gasteiger partial charge on any atom is -0.467 e. The van der Waals surface area contributed by atoms with E-state index in [0.717, 1.165) is 58.9 Å². The molecule has 3 aromatic heterocycles. The smallest absolute Gasteiger partial charge is 0.225 e. The first-order valence-electron chi connectivity index (χ1n) is 10.9. The Balaban J connectivity index is 1.42. The summed E-state index contributed by atoms with van der Waals surface area (Å²) in [6.45, 7) is 5.84. The Labute approximate surface area is 186 Å². The summed E-state index contributed by atoms with van der Waals surface area (Å²) in [5.74, 6) is 1.41. The quantitative estimate of drug-likeness (QED) is 0.521. The van der Waals surface area contributed by atoms with Crippen molar-refractivity contribution in [3.8, 4) is 5.69 Å². The molecular formula is C24H26N6O2. The van der Waals surface area contributed by atoms with Gasteiger partial charge in [0.05, 0.1) is 41.2 Å². The molecule has 1 N–H and O–H groups in total. The number of furan rings is 1. The van der Waals surface area contributed by atoms with Crippen LogP contribution in [-0.2, 0) is 11.3 Å². The number of piperidine rings is 1. The summed E-state index contributed by atoms with van der Waals surface area (Å²) in [5.41, 5.74) is 3.72. The number of hydrogen-bond donors (Lipinski definition) is 1. The van der Waals surface area contributed by atoms with Crippen molar-refractivity contribution in [2.75, 3.05) is 18.0 Å². The fourth-order valence-electron chi connectivity index (χ4n) is 4.46. The lowest BCUT2D eigenvalue weighted by molar-refractivity contribution is -0.125. The van der Waals surface area contributed by atoms with E-state index in [4.69, 9.17) is 9.52 Å². The van der Waals surface area contributed by atoms with E-state index in [-0.39, 0.29) is 11.8 Å². The maximum atomic E-state index is 12.8. The molecule has 0 radical (unpaired) electrons. The first kappa shape index (κ1) is 20.2. The lowest BCUT2D eigenvalue weighted by Gasteiger charge is -2.32. The molecule has 8 nitrogen and oxygen atoms in total. The van der Waals surface area contributed by atoms with Gasteiger partial charge in [-0.3, -0.25) is 4.79 Å². The molecule has 1 aromatic carbocycles. The molecule has 1 atom stereocenters. The van der Waals surface area contributed by atoms with E-state index in [0.29, 0.717) is 13.1 Å². The van der Waals surface area contributed by atoms with Crippen molar-refractivity contribution in [2.45, 2.75) is 33.2 Å². The van der Waals surface area contributed by atoms with Gasteiger partial charge in [0.1, 0.15) is 11.3 Å². The zero-order valence-corrected chi connectivity index (χ0v) is 18.3. The molecule has 1 amide bonds. The summed E-state index contributed by atoms with van der Waals surface area (Å²) >= 11 is 0. The normalized spacial score (nSPS) is 16.4. The van der Waals surface area contributed by atoms with Crippen molar-refractivity contribution in [2.24, 2.45) is 5.92 Å². The monoisotopic (exact) mass is 430 g/mol. The number of para-hydroxylation sites is 1. The molecule has 5 rings (SSSR count). The standard InChI is InChI=1S/C24H26N6O2/c1-16-21-17(2)30(19-9-4-3-5-10-19)28-22(21)23(27-26-16)29-12-6-8-18(15-29)24(31)25-14-20-11-7-13-32-20/h3-5,7,9-11,13,18H,6,8,12,14-15H2,1-2H3,(H,25,31)/t18-/m1/s1. The molecule has 8 heteroatoms. The van der Waals surface area contributed by atoms with Crippen molar-refractivity contribution >= 4 is 22.6 Å². The van der Waals surface area contributed by atoms with Gasteiger partial charge in [0.15, 0.2) is 5.82 Å².